The van der Waals surface area contributed by atoms with E-state index >= 15 is 0 Å². The molecule has 1 aliphatic carbocycles. The Balaban J connectivity index is 1.98. The van der Waals surface area contributed by atoms with Gasteiger partial charge in [-0.05, 0) is 30.9 Å². The van der Waals surface area contributed by atoms with E-state index in [1.54, 1.807) is 0 Å². The largest absolute Gasteiger partial charge is 0.370 e. The van der Waals surface area contributed by atoms with Crippen LogP contribution in [0, 0.1) is 6.92 Å². The summed E-state index contributed by atoms with van der Waals surface area (Å²) in [5.41, 5.74) is 8.68. The zero-order chi connectivity index (χ0) is 13.0. The molecule has 18 heavy (non-hydrogen) atoms. The molecule has 0 atom stereocenters. The van der Waals surface area contributed by atoms with Gasteiger partial charge < -0.3 is 10.6 Å². The third kappa shape index (κ3) is 3.25. The Hall–Kier alpha value is -1.51. The van der Waals surface area contributed by atoms with Crippen LogP contribution in [0.4, 0.5) is 0 Å². The van der Waals surface area contributed by atoms with Crippen LogP contribution in [0.25, 0.3) is 0 Å². The summed E-state index contributed by atoms with van der Waals surface area (Å²) in [6.45, 7) is 2.96. The van der Waals surface area contributed by atoms with Crippen molar-refractivity contribution in [3.63, 3.8) is 0 Å². The Morgan fingerprint density at radius 1 is 1.33 bits per heavy atom. The molecular formula is C15H23N3. The van der Waals surface area contributed by atoms with Gasteiger partial charge in [0.15, 0.2) is 5.96 Å². The molecule has 0 amide bonds. The summed E-state index contributed by atoms with van der Waals surface area (Å²) in [6, 6.07) is 8.86. The van der Waals surface area contributed by atoms with Crippen molar-refractivity contribution in [3.05, 3.63) is 35.4 Å². The molecule has 1 aromatic rings. The van der Waals surface area contributed by atoms with E-state index in [1.165, 1.54) is 36.8 Å². The first-order valence-electron chi connectivity index (χ1n) is 6.75. The van der Waals surface area contributed by atoms with Crippen LogP contribution < -0.4 is 5.73 Å². The summed E-state index contributed by atoms with van der Waals surface area (Å²) in [4.78, 5) is 6.66. The van der Waals surface area contributed by atoms with Gasteiger partial charge in [-0.25, -0.2) is 4.99 Å². The number of guanidine groups is 1. The van der Waals surface area contributed by atoms with E-state index in [-0.39, 0.29) is 0 Å². The van der Waals surface area contributed by atoms with Crippen molar-refractivity contribution >= 4 is 5.96 Å². The molecule has 0 bridgehead atoms. The van der Waals surface area contributed by atoms with Crippen LogP contribution in [0.5, 0.6) is 0 Å². The molecule has 2 N–H and O–H groups in total. The summed E-state index contributed by atoms with van der Waals surface area (Å²) in [5, 5.41) is 0. The lowest BCUT2D eigenvalue weighted by molar-refractivity contribution is 0.485. The van der Waals surface area contributed by atoms with Crippen molar-refractivity contribution in [2.24, 2.45) is 10.7 Å². The van der Waals surface area contributed by atoms with Gasteiger partial charge >= 0.3 is 0 Å². The van der Waals surface area contributed by atoms with Gasteiger partial charge in [0.2, 0.25) is 0 Å². The molecule has 0 aromatic heterocycles. The second-order valence-corrected chi connectivity index (χ2v) is 5.21. The molecule has 1 saturated carbocycles. The van der Waals surface area contributed by atoms with Crippen LogP contribution >= 0.6 is 0 Å². The fourth-order valence-corrected chi connectivity index (χ4v) is 2.44. The monoisotopic (exact) mass is 245 g/mol. The summed E-state index contributed by atoms with van der Waals surface area (Å²) in [6.07, 6.45) is 4.98. The first kappa shape index (κ1) is 12.9. The Kier molecular flexibility index (Phi) is 4.24. The number of hydrogen-bond acceptors (Lipinski definition) is 1. The summed E-state index contributed by atoms with van der Waals surface area (Å²) in [5.74, 6) is 0.671. The number of aryl methyl sites for hydroxylation is 1. The maximum absolute atomic E-state index is 6.07. The SMILES string of the molecule is Cc1ccccc1CN(C)C(N)=NC1CCCC1. The van der Waals surface area contributed by atoms with E-state index in [2.05, 4.69) is 36.2 Å². The van der Waals surface area contributed by atoms with Crippen molar-refractivity contribution in [1.29, 1.82) is 0 Å². The highest BCUT2D eigenvalue weighted by Crippen LogP contribution is 2.21. The predicted octanol–water partition coefficient (Wildman–Crippen LogP) is 2.68. The number of nitrogens with zero attached hydrogens (tertiary/aromatic N) is 2. The van der Waals surface area contributed by atoms with Gasteiger partial charge in [-0.15, -0.1) is 0 Å². The quantitative estimate of drug-likeness (QED) is 0.657. The van der Waals surface area contributed by atoms with Crippen molar-refractivity contribution in [3.8, 4) is 0 Å². The van der Waals surface area contributed by atoms with Gasteiger partial charge in [0.1, 0.15) is 0 Å². The normalized spacial score (nSPS) is 17.1. The number of nitrogens with two attached hydrogens (primary N) is 1. The Labute approximate surface area is 110 Å². The standard InChI is InChI=1S/C15H23N3/c1-12-7-3-4-8-13(12)11-18(2)15(16)17-14-9-5-6-10-14/h3-4,7-8,14H,5-6,9-11H2,1-2H3,(H2,16,17). The molecule has 0 heterocycles. The molecule has 1 fully saturated rings. The fraction of sp³-hybridized carbons (Fsp3) is 0.533. The molecule has 0 spiro atoms. The minimum atomic E-state index is 0.448. The van der Waals surface area contributed by atoms with Crippen LogP contribution in [0.3, 0.4) is 0 Å². The zero-order valence-electron chi connectivity index (χ0n) is 11.4. The highest BCUT2D eigenvalue weighted by Gasteiger charge is 2.15. The van der Waals surface area contributed by atoms with Gasteiger partial charge in [-0.1, -0.05) is 37.1 Å². The highest BCUT2D eigenvalue weighted by molar-refractivity contribution is 5.78. The number of benzene rings is 1. The first-order chi connectivity index (χ1) is 8.66. The summed E-state index contributed by atoms with van der Waals surface area (Å²) in [7, 11) is 2.01. The lowest BCUT2D eigenvalue weighted by Gasteiger charge is -2.20. The average Bonchev–Trinajstić information content (AvgIpc) is 2.84. The second kappa shape index (κ2) is 5.89. The fourth-order valence-electron chi connectivity index (χ4n) is 2.44. The van der Waals surface area contributed by atoms with E-state index in [0.717, 1.165) is 6.54 Å². The Morgan fingerprint density at radius 3 is 2.67 bits per heavy atom. The molecule has 3 nitrogen and oxygen atoms in total. The molecule has 2 rings (SSSR count). The van der Waals surface area contributed by atoms with Crippen LogP contribution in [0.1, 0.15) is 36.8 Å². The van der Waals surface area contributed by atoms with Gasteiger partial charge in [0.25, 0.3) is 0 Å². The van der Waals surface area contributed by atoms with E-state index in [1.807, 2.05) is 11.9 Å². The second-order valence-electron chi connectivity index (χ2n) is 5.21. The number of aliphatic imine (C=N–C) groups is 1. The van der Waals surface area contributed by atoms with Crippen molar-refractivity contribution in [1.82, 2.24) is 4.90 Å². The molecule has 0 unspecified atom stereocenters. The minimum Gasteiger partial charge on any atom is -0.370 e. The highest BCUT2D eigenvalue weighted by atomic mass is 15.2. The predicted molar refractivity (Wildman–Crippen MR) is 76.5 cm³/mol. The number of rotatable bonds is 3. The molecule has 1 aliphatic rings. The van der Waals surface area contributed by atoms with Crippen molar-refractivity contribution < 1.29 is 0 Å². The van der Waals surface area contributed by atoms with E-state index in [9.17, 15) is 0 Å². The molecular weight excluding hydrogens is 222 g/mol. The Morgan fingerprint density at radius 2 is 2.00 bits per heavy atom. The van der Waals surface area contributed by atoms with Gasteiger partial charge in [-0.3, -0.25) is 0 Å². The lowest BCUT2D eigenvalue weighted by atomic mass is 10.1. The van der Waals surface area contributed by atoms with E-state index in [4.69, 9.17) is 5.73 Å². The van der Waals surface area contributed by atoms with E-state index < -0.39 is 0 Å². The van der Waals surface area contributed by atoms with Gasteiger partial charge in [0.05, 0.1) is 6.04 Å². The van der Waals surface area contributed by atoms with Crippen LogP contribution in [-0.4, -0.2) is 23.9 Å². The maximum atomic E-state index is 6.07. The molecule has 0 saturated heterocycles. The van der Waals surface area contributed by atoms with Gasteiger partial charge in [0, 0.05) is 13.6 Å². The average molecular weight is 245 g/mol. The molecule has 0 aliphatic heterocycles. The summed E-state index contributed by atoms with van der Waals surface area (Å²) < 4.78 is 0. The molecule has 98 valence electrons. The minimum absolute atomic E-state index is 0.448. The maximum Gasteiger partial charge on any atom is 0.191 e. The van der Waals surface area contributed by atoms with Crippen molar-refractivity contribution in [2.75, 3.05) is 7.05 Å². The van der Waals surface area contributed by atoms with Crippen LogP contribution in [0.15, 0.2) is 29.3 Å². The Bertz CT molecular complexity index is 420. The summed E-state index contributed by atoms with van der Waals surface area (Å²) >= 11 is 0. The molecule has 1 aromatic carbocycles. The number of hydrogen-bond donors (Lipinski definition) is 1. The van der Waals surface area contributed by atoms with Crippen molar-refractivity contribution in [2.45, 2.75) is 45.2 Å². The molecule has 3 heteroatoms. The molecule has 0 radical (unpaired) electrons. The van der Waals surface area contributed by atoms with E-state index in [0.29, 0.717) is 12.0 Å². The zero-order valence-corrected chi connectivity index (χ0v) is 11.4. The third-order valence-electron chi connectivity index (χ3n) is 3.70. The van der Waals surface area contributed by atoms with Gasteiger partial charge in [-0.2, -0.15) is 0 Å². The third-order valence-corrected chi connectivity index (χ3v) is 3.70. The lowest BCUT2D eigenvalue weighted by Crippen LogP contribution is -2.34. The first-order valence-corrected chi connectivity index (χ1v) is 6.75. The van der Waals surface area contributed by atoms with Crippen LogP contribution in [0.2, 0.25) is 0 Å². The van der Waals surface area contributed by atoms with Crippen LogP contribution in [-0.2, 0) is 6.54 Å². The smallest absolute Gasteiger partial charge is 0.191 e. The topological polar surface area (TPSA) is 41.6 Å².